The van der Waals surface area contributed by atoms with E-state index in [2.05, 4.69) is 30.7 Å². The molecule has 0 amide bonds. The molecule has 0 bridgehead atoms. The van der Waals surface area contributed by atoms with E-state index in [1.165, 1.54) is 11.3 Å². The number of hydrogen-bond donors (Lipinski definition) is 0. The lowest BCUT2D eigenvalue weighted by atomic mass is 10.1. The van der Waals surface area contributed by atoms with E-state index in [-0.39, 0.29) is 11.7 Å². The first-order valence-electron chi connectivity index (χ1n) is 5.34. The van der Waals surface area contributed by atoms with Crippen LogP contribution in [0, 0.1) is 0 Å². The van der Waals surface area contributed by atoms with Gasteiger partial charge in [0, 0.05) is 13.1 Å². The Morgan fingerprint density at radius 1 is 1.69 bits per heavy atom. The number of aldehydes is 1. The summed E-state index contributed by atoms with van der Waals surface area (Å²) in [4.78, 5) is 17.7. The highest BCUT2D eigenvalue weighted by atomic mass is 32.1. The highest BCUT2D eigenvalue weighted by molar-refractivity contribution is 7.17. The summed E-state index contributed by atoms with van der Waals surface area (Å²) >= 11 is 1.43. The van der Waals surface area contributed by atoms with Gasteiger partial charge < -0.3 is 9.64 Å². The van der Waals surface area contributed by atoms with Crippen molar-refractivity contribution in [1.82, 2.24) is 4.98 Å². The molecular formula is C11H16N2O2S. The summed E-state index contributed by atoms with van der Waals surface area (Å²) in [6.45, 7) is 7.84. The Labute approximate surface area is 99.2 Å². The number of aromatic nitrogens is 1. The molecular weight excluding hydrogens is 224 g/mol. The Kier molecular flexibility index (Phi) is 2.99. The minimum atomic E-state index is -0.162. The van der Waals surface area contributed by atoms with Crippen molar-refractivity contribution in [3.05, 3.63) is 11.1 Å². The quantitative estimate of drug-likeness (QED) is 0.741. The molecule has 0 radical (unpaired) electrons. The first-order chi connectivity index (χ1) is 7.50. The van der Waals surface area contributed by atoms with E-state index in [9.17, 15) is 4.79 Å². The first kappa shape index (κ1) is 11.5. The van der Waals surface area contributed by atoms with Crippen molar-refractivity contribution in [1.29, 1.82) is 0 Å². The largest absolute Gasteiger partial charge is 0.369 e. The predicted molar refractivity (Wildman–Crippen MR) is 64.3 cm³/mol. The third-order valence-electron chi connectivity index (χ3n) is 2.47. The van der Waals surface area contributed by atoms with Crippen LogP contribution in [0.1, 0.15) is 30.4 Å². The molecule has 1 atom stereocenters. The number of nitrogens with zero attached hydrogens (tertiary/aromatic N) is 2. The summed E-state index contributed by atoms with van der Waals surface area (Å²) in [5.74, 6) is 0. The molecule has 0 N–H and O–H groups in total. The second kappa shape index (κ2) is 4.14. The topological polar surface area (TPSA) is 42.4 Å². The lowest BCUT2D eigenvalue weighted by Crippen LogP contribution is -2.52. The van der Waals surface area contributed by atoms with Crippen molar-refractivity contribution < 1.29 is 9.53 Å². The van der Waals surface area contributed by atoms with Gasteiger partial charge in [-0.15, -0.1) is 0 Å². The van der Waals surface area contributed by atoms with E-state index < -0.39 is 0 Å². The van der Waals surface area contributed by atoms with Gasteiger partial charge in [-0.1, -0.05) is 11.3 Å². The zero-order valence-electron chi connectivity index (χ0n) is 9.77. The molecule has 1 fully saturated rings. The summed E-state index contributed by atoms with van der Waals surface area (Å²) in [5.41, 5.74) is -0.162. The molecule has 1 aliphatic heterocycles. The van der Waals surface area contributed by atoms with E-state index in [4.69, 9.17) is 4.74 Å². The fourth-order valence-electron chi connectivity index (χ4n) is 2.08. The Hall–Kier alpha value is -0.940. The van der Waals surface area contributed by atoms with Gasteiger partial charge in [0.05, 0.1) is 22.8 Å². The van der Waals surface area contributed by atoms with Crippen LogP contribution < -0.4 is 4.90 Å². The molecule has 0 saturated carbocycles. The van der Waals surface area contributed by atoms with Crippen LogP contribution in [0.4, 0.5) is 5.13 Å². The smallest absolute Gasteiger partial charge is 0.186 e. The Balaban J connectivity index is 2.17. The second-order valence-corrected chi connectivity index (χ2v) is 5.77. The summed E-state index contributed by atoms with van der Waals surface area (Å²) in [7, 11) is 0. The first-order valence-corrected chi connectivity index (χ1v) is 6.15. The van der Waals surface area contributed by atoms with Crippen molar-refractivity contribution in [3.8, 4) is 0 Å². The van der Waals surface area contributed by atoms with E-state index in [1.807, 2.05) is 0 Å². The van der Waals surface area contributed by atoms with E-state index in [0.29, 0.717) is 4.88 Å². The minimum absolute atomic E-state index is 0.162. The third-order valence-corrected chi connectivity index (χ3v) is 3.45. The van der Waals surface area contributed by atoms with E-state index in [0.717, 1.165) is 24.5 Å². The number of rotatable bonds is 2. The zero-order valence-corrected chi connectivity index (χ0v) is 10.6. The second-order valence-electron chi connectivity index (χ2n) is 4.73. The fourth-order valence-corrected chi connectivity index (χ4v) is 2.82. The Bertz CT molecular complexity index is 389. The molecule has 2 rings (SSSR count). The number of anilines is 1. The SMILES string of the molecule is CC1CN(c2ncc(C=O)s2)CC(C)(C)O1. The Morgan fingerprint density at radius 2 is 2.44 bits per heavy atom. The van der Waals surface area contributed by atoms with Gasteiger partial charge in [0.1, 0.15) is 0 Å². The van der Waals surface area contributed by atoms with Crippen molar-refractivity contribution in [2.45, 2.75) is 32.5 Å². The van der Waals surface area contributed by atoms with Crippen LogP contribution in [-0.4, -0.2) is 36.1 Å². The van der Waals surface area contributed by atoms with Gasteiger partial charge in [-0.25, -0.2) is 4.98 Å². The number of hydrogen-bond acceptors (Lipinski definition) is 5. The van der Waals surface area contributed by atoms with Gasteiger partial charge >= 0.3 is 0 Å². The van der Waals surface area contributed by atoms with Crippen LogP contribution in [-0.2, 0) is 4.74 Å². The highest BCUT2D eigenvalue weighted by Gasteiger charge is 2.32. The van der Waals surface area contributed by atoms with Crippen LogP contribution in [0.2, 0.25) is 0 Å². The average molecular weight is 240 g/mol. The normalized spacial score (nSPS) is 24.4. The van der Waals surface area contributed by atoms with Gasteiger partial charge in [-0.05, 0) is 20.8 Å². The van der Waals surface area contributed by atoms with Gasteiger partial charge in [0.2, 0.25) is 0 Å². The molecule has 0 aliphatic carbocycles. The van der Waals surface area contributed by atoms with Crippen molar-refractivity contribution in [2.75, 3.05) is 18.0 Å². The summed E-state index contributed by atoms with van der Waals surface area (Å²) in [6.07, 6.45) is 2.66. The highest BCUT2D eigenvalue weighted by Crippen LogP contribution is 2.28. The van der Waals surface area contributed by atoms with Gasteiger partial charge in [0.25, 0.3) is 0 Å². The minimum Gasteiger partial charge on any atom is -0.369 e. The predicted octanol–water partition coefficient (Wildman–Crippen LogP) is 1.96. The molecule has 0 spiro atoms. The van der Waals surface area contributed by atoms with Gasteiger partial charge in [-0.2, -0.15) is 0 Å². The van der Waals surface area contributed by atoms with Crippen LogP contribution in [0.5, 0.6) is 0 Å². The molecule has 4 nitrogen and oxygen atoms in total. The monoisotopic (exact) mass is 240 g/mol. The molecule has 5 heteroatoms. The summed E-state index contributed by atoms with van der Waals surface area (Å²) in [6, 6.07) is 0. The van der Waals surface area contributed by atoms with Crippen molar-refractivity contribution in [2.24, 2.45) is 0 Å². The maximum absolute atomic E-state index is 10.6. The molecule has 1 aromatic rings. The molecule has 0 aromatic carbocycles. The van der Waals surface area contributed by atoms with Gasteiger partial charge in [-0.3, -0.25) is 4.79 Å². The number of carbonyl (C=O) groups is 1. The molecule has 16 heavy (non-hydrogen) atoms. The fraction of sp³-hybridized carbons (Fsp3) is 0.636. The number of ether oxygens (including phenoxy) is 1. The van der Waals surface area contributed by atoms with Crippen LogP contribution in [0.25, 0.3) is 0 Å². The van der Waals surface area contributed by atoms with Crippen LogP contribution in [0.15, 0.2) is 6.20 Å². The summed E-state index contributed by atoms with van der Waals surface area (Å²) in [5, 5.41) is 0.908. The van der Waals surface area contributed by atoms with Crippen molar-refractivity contribution in [3.63, 3.8) is 0 Å². The van der Waals surface area contributed by atoms with Gasteiger partial charge in [0.15, 0.2) is 11.4 Å². The molecule has 1 saturated heterocycles. The molecule has 1 aromatic heterocycles. The average Bonchev–Trinajstić information content (AvgIpc) is 2.62. The molecule has 1 aliphatic rings. The van der Waals surface area contributed by atoms with Crippen LogP contribution in [0.3, 0.4) is 0 Å². The van der Waals surface area contributed by atoms with E-state index >= 15 is 0 Å². The maximum atomic E-state index is 10.6. The molecule has 2 heterocycles. The van der Waals surface area contributed by atoms with Crippen molar-refractivity contribution >= 4 is 22.8 Å². The molecule has 88 valence electrons. The zero-order chi connectivity index (χ0) is 11.8. The number of carbonyl (C=O) groups excluding carboxylic acids is 1. The van der Waals surface area contributed by atoms with E-state index in [1.54, 1.807) is 6.20 Å². The number of morpholine rings is 1. The van der Waals surface area contributed by atoms with Crippen LogP contribution >= 0.6 is 11.3 Å². The standard InChI is InChI=1S/C11H16N2O2S/c1-8-5-13(7-11(2,3)15-8)10-12-4-9(6-14)16-10/h4,6,8H,5,7H2,1-3H3. The lowest BCUT2D eigenvalue weighted by molar-refractivity contribution is -0.0749. The lowest BCUT2D eigenvalue weighted by Gasteiger charge is -2.41. The summed E-state index contributed by atoms with van der Waals surface area (Å²) < 4.78 is 5.82. The Morgan fingerprint density at radius 3 is 3.00 bits per heavy atom. The third kappa shape index (κ3) is 2.41. The molecule has 1 unspecified atom stereocenters. The maximum Gasteiger partial charge on any atom is 0.186 e. The number of thiazole rings is 1.